The quantitative estimate of drug-likeness (QED) is 0.612. The van der Waals surface area contributed by atoms with Crippen LogP contribution < -0.4 is 0 Å². The minimum absolute atomic E-state index is 0.0410. The normalized spacial score (nSPS) is 20.8. The van der Waals surface area contributed by atoms with Gasteiger partial charge in [0, 0.05) is 12.8 Å². The summed E-state index contributed by atoms with van der Waals surface area (Å²) in [4.78, 5) is 11.4. The number of hydrogen-bond donors (Lipinski definition) is 0. The van der Waals surface area contributed by atoms with Crippen molar-refractivity contribution in [2.45, 2.75) is 25.5 Å². The SMILES string of the molecule is COC(=O)c1nn(C2CCCCO2)cc1I. The third kappa shape index (κ3) is 2.37. The second-order valence-corrected chi connectivity index (χ2v) is 4.78. The van der Waals surface area contributed by atoms with Crippen LogP contribution in [0.1, 0.15) is 36.0 Å². The van der Waals surface area contributed by atoms with Crippen LogP contribution in [0.15, 0.2) is 6.20 Å². The summed E-state index contributed by atoms with van der Waals surface area (Å²) in [6.45, 7) is 0.759. The summed E-state index contributed by atoms with van der Waals surface area (Å²) >= 11 is 2.08. The Hall–Kier alpha value is -0.630. The van der Waals surface area contributed by atoms with E-state index in [1.54, 1.807) is 4.68 Å². The average Bonchev–Trinajstić information content (AvgIpc) is 2.71. The summed E-state index contributed by atoms with van der Waals surface area (Å²) in [6, 6.07) is 0. The fourth-order valence-electron chi connectivity index (χ4n) is 1.68. The average molecular weight is 336 g/mol. The number of nitrogens with zero attached hydrogens (tertiary/aromatic N) is 2. The highest BCUT2D eigenvalue weighted by atomic mass is 127. The van der Waals surface area contributed by atoms with Gasteiger partial charge in [0.05, 0.1) is 10.7 Å². The lowest BCUT2D eigenvalue weighted by atomic mass is 10.2. The van der Waals surface area contributed by atoms with Gasteiger partial charge in [-0.3, -0.25) is 0 Å². The number of esters is 1. The van der Waals surface area contributed by atoms with Crippen LogP contribution in [0.4, 0.5) is 0 Å². The molecule has 1 aromatic rings. The molecule has 5 nitrogen and oxygen atoms in total. The van der Waals surface area contributed by atoms with E-state index in [0.29, 0.717) is 5.69 Å². The van der Waals surface area contributed by atoms with Gasteiger partial charge >= 0.3 is 5.97 Å². The maximum Gasteiger partial charge on any atom is 0.359 e. The van der Waals surface area contributed by atoms with Crippen molar-refractivity contribution in [2.75, 3.05) is 13.7 Å². The summed E-state index contributed by atoms with van der Waals surface area (Å²) in [5, 5.41) is 4.21. The van der Waals surface area contributed by atoms with E-state index in [9.17, 15) is 4.79 Å². The maximum atomic E-state index is 11.4. The Morgan fingerprint density at radius 1 is 1.69 bits per heavy atom. The van der Waals surface area contributed by atoms with E-state index in [-0.39, 0.29) is 6.23 Å². The van der Waals surface area contributed by atoms with Crippen molar-refractivity contribution in [1.82, 2.24) is 9.78 Å². The monoisotopic (exact) mass is 336 g/mol. The highest BCUT2D eigenvalue weighted by Gasteiger charge is 2.21. The molecule has 2 heterocycles. The number of carbonyl (C=O) groups is 1. The van der Waals surface area contributed by atoms with Crippen molar-refractivity contribution in [3.63, 3.8) is 0 Å². The van der Waals surface area contributed by atoms with Crippen molar-refractivity contribution in [2.24, 2.45) is 0 Å². The number of rotatable bonds is 2. The van der Waals surface area contributed by atoms with Crippen LogP contribution in [-0.2, 0) is 9.47 Å². The molecule has 0 amide bonds. The van der Waals surface area contributed by atoms with Crippen molar-refractivity contribution >= 4 is 28.6 Å². The molecule has 0 radical (unpaired) electrons. The molecule has 0 N–H and O–H groups in total. The van der Waals surface area contributed by atoms with E-state index in [0.717, 1.165) is 29.4 Å². The molecule has 0 bridgehead atoms. The number of aromatic nitrogens is 2. The van der Waals surface area contributed by atoms with Crippen molar-refractivity contribution < 1.29 is 14.3 Å². The molecular formula is C10H13IN2O3. The van der Waals surface area contributed by atoms with E-state index < -0.39 is 5.97 Å². The van der Waals surface area contributed by atoms with Crippen molar-refractivity contribution in [3.05, 3.63) is 15.5 Å². The minimum Gasteiger partial charge on any atom is -0.464 e. The van der Waals surface area contributed by atoms with Gasteiger partial charge in [0.25, 0.3) is 0 Å². The first-order chi connectivity index (χ1) is 7.72. The largest absolute Gasteiger partial charge is 0.464 e. The molecule has 1 unspecified atom stereocenters. The molecule has 0 spiro atoms. The highest BCUT2D eigenvalue weighted by Crippen LogP contribution is 2.23. The smallest absolute Gasteiger partial charge is 0.359 e. The Labute approximate surface area is 107 Å². The van der Waals surface area contributed by atoms with Crippen LogP contribution in [0.3, 0.4) is 0 Å². The van der Waals surface area contributed by atoms with Gasteiger partial charge < -0.3 is 9.47 Å². The minimum atomic E-state index is -0.404. The molecule has 16 heavy (non-hydrogen) atoms. The number of hydrogen-bond acceptors (Lipinski definition) is 4. The molecular weight excluding hydrogens is 323 g/mol. The van der Waals surface area contributed by atoms with Crippen LogP contribution >= 0.6 is 22.6 Å². The molecule has 0 saturated carbocycles. The Morgan fingerprint density at radius 2 is 2.50 bits per heavy atom. The third-order valence-corrected chi connectivity index (χ3v) is 3.31. The van der Waals surface area contributed by atoms with E-state index >= 15 is 0 Å². The molecule has 1 aliphatic heterocycles. The third-order valence-electron chi connectivity index (χ3n) is 2.52. The van der Waals surface area contributed by atoms with E-state index in [1.165, 1.54) is 7.11 Å². The number of methoxy groups -OCH3 is 1. The first-order valence-electron chi connectivity index (χ1n) is 5.17. The molecule has 88 valence electrons. The molecule has 2 rings (SSSR count). The van der Waals surface area contributed by atoms with Gasteiger partial charge in [-0.2, -0.15) is 5.10 Å². The summed E-state index contributed by atoms with van der Waals surface area (Å²) in [7, 11) is 1.36. The lowest BCUT2D eigenvalue weighted by Crippen LogP contribution is -2.19. The van der Waals surface area contributed by atoms with Gasteiger partial charge in [-0.15, -0.1) is 0 Å². The van der Waals surface area contributed by atoms with Crippen molar-refractivity contribution in [1.29, 1.82) is 0 Å². The summed E-state index contributed by atoms with van der Waals surface area (Å²) < 4.78 is 12.8. The Morgan fingerprint density at radius 3 is 3.12 bits per heavy atom. The van der Waals surface area contributed by atoms with Gasteiger partial charge in [-0.1, -0.05) is 0 Å². The van der Waals surface area contributed by atoms with Gasteiger partial charge in [-0.25, -0.2) is 9.48 Å². The molecule has 1 aromatic heterocycles. The second kappa shape index (κ2) is 5.13. The molecule has 1 fully saturated rings. The van der Waals surface area contributed by atoms with Crippen molar-refractivity contribution in [3.8, 4) is 0 Å². The zero-order chi connectivity index (χ0) is 11.5. The molecule has 0 aliphatic carbocycles. The second-order valence-electron chi connectivity index (χ2n) is 3.62. The molecule has 0 aromatic carbocycles. The Bertz CT molecular complexity index is 385. The number of carbonyl (C=O) groups excluding carboxylic acids is 1. The Kier molecular flexibility index (Phi) is 3.80. The van der Waals surface area contributed by atoms with Crippen LogP contribution in [0.2, 0.25) is 0 Å². The van der Waals surface area contributed by atoms with Crippen LogP contribution in [0, 0.1) is 3.57 Å². The predicted molar refractivity (Wildman–Crippen MR) is 65.1 cm³/mol. The van der Waals surface area contributed by atoms with Crippen LogP contribution in [-0.4, -0.2) is 29.5 Å². The summed E-state index contributed by atoms with van der Waals surface area (Å²) in [5.41, 5.74) is 0.359. The van der Waals surface area contributed by atoms with Crippen LogP contribution in [0.25, 0.3) is 0 Å². The standard InChI is InChI=1S/C10H13IN2O3/c1-15-10(14)9-7(11)6-13(12-9)8-4-2-3-5-16-8/h6,8H,2-5H2,1H3. The highest BCUT2D eigenvalue weighted by molar-refractivity contribution is 14.1. The van der Waals surface area contributed by atoms with Gasteiger partial charge in [0.1, 0.15) is 6.23 Å². The maximum absolute atomic E-state index is 11.4. The molecule has 1 atom stereocenters. The molecule has 6 heteroatoms. The van der Waals surface area contributed by atoms with Crippen LogP contribution in [0.5, 0.6) is 0 Å². The summed E-state index contributed by atoms with van der Waals surface area (Å²) in [5.74, 6) is -0.404. The van der Waals surface area contributed by atoms with E-state index in [4.69, 9.17) is 4.74 Å². The number of halogens is 1. The first kappa shape index (κ1) is 11.8. The zero-order valence-corrected chi connectivity index (χ0v) is 11.1. The fraction of sp³-hybridized carbons (Fsp3) is 0.600. The topological polar surface area (TPSA) is 53.3 Å². The van der Waals surface area contributed by atoms with E-state index in [2.05, 4.69) is 32.4 Å². The zero-order valence-electron chi connectivity index (χ0n) is 8.98. The number of ether oxygens (including phenoxy) is 2. The fourth-order valence-corrected chi connectivity index (χ4v) is 2.30. The Balaban J connectivity index is 2.19. The predicted octanol–water partition coefficient (Wildman–Crippen LogP) is 1.97. The summed E-state index contributed by atoms with van der Waals surface area (Å²) in [6.07, 6.45) is 4.95. The lowest BCUT2D eigenvalue weighted by molar-refractivity contribution is -0.0397. The van der Waals surface area contributed by atoms with Gasteiger partial charge in [0.2, 0.25) is 0 Å². The van der Waals surface area contributed by atoms with Gasteiger partial charge in [-0.05, 0) is 41.9 Å². The van der Waals surface area contributed by atoms with E-state index in [1.807, 2.05) is 6.20 Å². The molecule has 1 aliphatic rings. The lowest BCUT2D eigenvalue weighted by Gasteiger charge is -2.22. The van der Waals surface area contributed by atoms with Gasteiger partial charge in [0.15, 0.2) is 5.69 Å². The first-order valence-corrected chi connectivity index (χ1v) is 6.25. The molecule has 1 saturated heterocycles.